The highest BCUT2D eigenvalue weighted by molar-refractivity contribution is 6.00. The van der Waals surface area contributed by atoms with E-state index in [1.165, 1.54) is 23.0 Å². The summed E-state index contributed by atoms with van der Waals surface area (Å²) in [6.07, 6.45) is 1.40. The van der Waals surface area contributed by atoms with E-state index in [-0.39, 0.29) is 67.7 Å². The van der Waals surface area contributed by atoms with Crippen molar-refractivity contribution in [3.8, 4) is 0 Å². The lowest BCUT2D eigenvalue weighted by Gasteiger charge is -2.36. The van der Waals surface area contributed by atoms with E-state index in [0.29, 0.717) is 44.0 Å². The first-order valence-electron chi connectivity index (χ1n) is 17.0. The van der Waals surface area contributed by atoms with Gasteiger partial charge >= 0.3 is 0 Å². The van der Waals surface area contributed by atoms with Gasteiger partial charge < -0.3 is 20.4 Å². The van der Waals surface area contributed by atoms with E-state index in [1.54, 1.807) is 37.8 Å². The van der Waals surface area contributed by atoms with Crippen LogP contribution in [0.15, 0.2) is 30.5 Å². The molecule has 0 bridgehead atoms. The molecule has 1 aromatic carbocycles. The highest BCUT2D eigenvalue weighted by Gasteiger charge is 2.41. The van der Waals surface area contributed by atoms with Crippen molar-refractivity contribution in [1.82, 2.24) is 24.9 Å². The Kier molecular flexibility index (Phi) is 12.4. The van der Waals surface area contributed by atoms with Gasteiger partial charge in [0.25, 0.3) is 0 Å². The molecule has 4 rings (SSSR count). The molecule has 2 fully saturated rings. The van der Waals surface area contributed by atoms with E-state index in [1.807, 2.05) is 14.0 Å². The summed E-state index contributed by atoms with van der Waals surface area (Å²) in [5.74, 6) is -7.00. The maximum absolute atomic E-state index is 15.7. The Morgan fingerprint density at radius 2 is 1.69 bits per heavy atom. The molecule has 3 amide bonds. The number of aromatic nitrogens is 2. The largest absolute Gasteiger partial charge is 0.344 e. The number of benzene rings is 1. The summed E-state index contributed by atoms with van der Waals surface area (Å²) in [6, 6.07) is 4.94. The number of aryl methyl sites for hydroxylation is 1. The van der Waals surface area contributed by atoms with Crippen molar-refractivity contribution in [3.63, 3.8) is 0 Å². The molecule has 2 aliphatic rings. The number of piperazine rings is 1. The van der Waals surface area contributed by atoms with Crippen LogP contribution in [0.3, 0.4) is 0 Å². The molecule has 1 saturated heterocycles. The number of hydrogen-bond acceptors (Lipinski definition) is 6. The minimum Gasteiger partial charge on any atom is -0.344 e. The molecule has 48 heavy (non-hydrogen) atoms. The first kappa shape index (κ1) is 37.1. The molecule has 2 unspecified atom stereocenters. The monoisotopic (exact) mass is 674 g/mol. The number of anilines is 1. The van der Waals surface area contributed by atoms with Gasteiger partial charge in [-0.3, -0.25) is 23.9 Å². The molecule has 10 nitrogen and oxygen atoms in total. The molecular weight excluding hydrogens is 625 g/mol. The highest BCUT2D eigenvalue weighted by Crippen LogP contribution is 2.42. The molecule has 2 heterocycles. The predicted molar refractivity (Wildman–Crippen MR) is 176 cm³/mol. The van der Waals surface area contributed by atoms with Crippen LogP contribution in [0.2, 0.25) is 0 Å². The molecule has 2 aromatic rings. The van der Waals surface area contributed by atoms with Gasteiger partial charge in [-0.2, -0.15) is 5.10 Å². The normalized spacial score (nSPS) is 19.6. The number of nitrogens with zero attached hydrogens (tertiary/aromatic N) is 4. The molecular formula is C35H49F3N6O4. The zero-order valence-electron chi connectivity index (χ0n) is 28.6. The number of rotatable bonds is 13. The van der Waals surface area contributed by atoms with E-state index < -0.39 is 41.4 Å². The van der Waals surface area contributed by atoms with Gasteiger partial charge in [0.1, 0.15) is 17.6 Å². The highest BCUT2D eigenvalue weighted by atomic mass is 19.3. The van der Waals surface area contributed by atoms with Gasteiger partial charge in [-0.1, -0.05) is 26.8 Å². The van der Waals surface area contributed by atoms with Crippen LogP contribution in [0.1, 0.15) is 88.2 Å². The van der Waals surface area contributed by atoms with Gasteiger partial charge in [0, 0.05) is 76.4 Å². The molecule has 4 atom stereocenters. The Bertz CT molecular complexity index is 1450. The molecule has 1 saturated carbocycles. The molecule has 0 spiro atoms. The molecule has 1 aliphatic heterocycles. The van der Waals surface area contributed by atoms with Crippen molar-refractivity contribution >= 4 is 29.2 Å². The summed E-state index contributed by atoms with van der Waals surface area (Å²) in [5, 5.41) is 9.62. The lowest BCUT2D eigenvalue weighted by atomic mass is 9.72. The summed E-state index contributed by atoms with van der Waals surface area (Å²) in [4.78, 5) is 57.0. The van der Waals surface area contributed by atoms with Crippen molar-refractivity contribution < 1.29 is 32.3 Å². The second-order valence-electron chi connectivity index (χ2n) is 13.4. The minimum absolute atomic E-state index is 0.103. The first-order valence-corrected chi connectivity index (χ1v) is 17.0. The van der Waals surface area contributed by atoms with E-state index >= 15 is 4.39 Å². The van der Waals surface area contributed by atoms with E-state index in [2.05, 4.69) is 20.6 Å². The second-order valence-corrected chi connectivity index (χ2v) is 13.4. The number of alkyl halides is 2. The smallest absolute Gasteiger partial charge is 0.248 e. The minimum atomic E-state index is -2.74. The Morgan fingerprint density at radius 1 is 1.02 bits per heavy atom. The topological polar surface area (TPSA) is 117 Å². The zero-order chi connectivity index (χ0) is 35.2. The number of nitrogens with one attached hydrogen (secondary N) is 2. The van der Waals surface area contributed by atoms with E-state index in [4.69, 9.17) is 0 Å². The summed E-state index contributed by atoms with van der Waals surface area (Å²) in [7, 11) is 1.98. The predicted octanol–water partition coefficient (Wildman–Crippen LogP) is 5.10. The number of likely N-dealkylation sites (N-methyl/N-ethyl adjacent to an activating group) is 1. The average Bonchev–Trinajstić information content (AvgIpc) is 3.55. The van der Waals surface area contributed by atoms with Gasteiger partial charge in [0.05, 0.1) is 5.69 Å². The van der Waals surface area contributed by atoms with Crippen molar-refractivity contribution in [2.75, 3.05) is 38.5 Å². The van der Waals surface area contributed by atoms with E-state index in [9.17, 15) is 28.0 Å². The number of carbonyl (C=O) groups excluding carboxylic acids is 4. The molecule has 1 aliphatic carbocycles. The number of amides is 3. The number of carbonyl (C=O) groups is 4. The van der Waals surface area contributed by atoms with Gasteiger partial charge in [-0.05, 0) is 62.4 Å². The third-order valence-electron chi connectivity index (χ3n) is 10.2. The maximum Gasteiger partial charge on any atom is 0.248 e. The Balaban J connectivity index is 1.54. The summed E-state index contributed by atoms with van der Waals surface area (Å²) >= 11 is 0. The Labute approximate surface area is 280 Å². The molecule has 13 heteroatoms. The van der Waals surface area contributed by atoms with Crippen LogP contribution in [-0.2, 0) is 20.9 Å². The summed E-state index contributed by atoms with van der Waals surface area (Å²) in [5.41, 5.74) is 0.706. The summed E-state index contributed by atoms with van der Waals surface area (Å²) < 4.78 is 45.1. The lowest BCUT2D eigenvalue weighted by Crippen LogP contribution is -2.55. The van der Waals surface area contributed by atoms with Crippen molar-refractivity contribution in [1.29, 1.82) is 0 Å². The number of ketones is 1. The standard InChI is InChI=1S/C35H49F3N6O4/c1-6-31(46)41-32(34(48)43-18-16-42(5)17-19-43)23(4)25-8-9-28(27(36)20-25)40-33(47)26(21-30(45)29-12-15-39-44(29)7-2)22(3)24-10-13-35(37,38)14-11-24/h8-9,12,15,20,22-24,26,32H,6-7,10-11,13-14,16-19,21H2,1-5H3,(H,40,47)(H,41,46)/t22?,23-,26?,32+/m0/s1. The fourth-order valence-electron chi connectivity index (χ4n) is 6.79. The van der Waals surface area contributed by atoms with Gasteiger partial charge in [-0.25, -0.2) is 13.2 Å². The van der Waals surface area contributed by atoms with Gasteiger partial charge in [-0.15, -0.1) is 0 Å². The van der Waals surface area contributed by atoms with Gasteiger partial charge in [0.2, 0.25) is 23.6 Å². The molecule has 264 valence electrons. The van der Waals surface area contributed by atoms with Crippen molar-refractivity contribution in [2.45, 2.75) is 90.6 Å². The number of halogens is 3. The van der Waals surface area contributed by atoms with Crippen LogP contribution >= 0.6 is 0 Å². The number of Topliss-reactive ketones (excluding diaryl/α,β-unsaturated/α-hetero) is 1. The average molecular weight is 675 g/mol. The summed E-state index contributed by atoms with van der Waals surface area (Å²) in [6.45, 7) is 9.99. The fourth-order valence-corrected chi connectivity index (χ4v) is 6.79. The Morgan fingerprint density at radius 3 is 2.29 bits per heavy atom. The molecule has 1 aromatic heterocycles. The van der Waals surface area contributed by atoms with Crippen LogP contribution in [0.4, 0.5) is 18.9 Å². The first-order chi connectivity index (χ1) is 22.7. The van der Waals surface area contributed by atoms with Crippen molar-refractivity contribution in [3.05, 3.63) is 47.5 Å². The van der Waals surface area contributed by atoms with Crippen LogP contribution in [0.25, 0.3) is 0 Å². The third-order valence-corrected chi connectivity index (χ3v) is 10.2. The van der Waals surface area contributed by atoms with E-state index in [0.717, 1.165) is 0 Å². The number of hydrogen-bond donors (Lipinski definition) is 2. The van der Waals surface area contributed by atoms with Crippen LogP contribution in [0, 0.1) is 23.6 Å². The zero-order valence-corrected chi connectivity index (χ0v) is 28.6. The second kappa shape index (κ2) is 16.1. The third kappa shape index (κ3) is 9.03. The quantitative estimate of drug-likeness (QED) is 0.286. The molecule has 0 radical (unpaired) electrons. The lowest BCUT2D eigenvalue weighted by molar-refractivity contribution is -0.138. The van der Waals surface area contributed by atoms with Crippen LogP contribution < -0.4 is 10.6 Å². The SMILES string of the molecule is CCC(=O)N[C@@H](C(=O)N1CCN(C)CC1)[C@@H](C)c1ccc(NC(=O)C(CC(=O)c2ccnn2CC)C(C)C2CCC(F)(F)CC2)c(F)c1. The fraction of sp³-hybridized carbons (Fsp3) is 0.629. The van der Waals surface area contributed by atoms with Crippen LogP contribution in [0.5, 0.6) is 0 Å². The maximum atomic E-state index is 15.7. The van der Waals surface area contributed by atoms with Gasteiger partial charge in [0.15, 0.2) is 5.78 Å². The van der Waals surface area contributed by atoms with Crippen LogP contribution in [-0.4, -0.2) is 88.3 Å². The molecule has 2 N–H and O–H groups in total. The van der Waals surface area contributed by atoms with Crippen molar-refractivity contribution in [2.24, 2.45) is 17.8 Å². The Hall–Kier alpha value is -3.74.